The Kier molecular flexibility index (Phi) is 19.5. The Labute approximate surface area is 103 Å². The first-order valence-electron chi connectivity index (χ1n) is 6.28. The lowest BCUT2D eigenvalue weighted by atomic mass is 10.1. The zero-order valence-corrected chi connectivity index (χ0v) is 10.7. The second kappa shape index (κ2) is 17.7. The molecule has 0 saturated carbocycles. The van der Waals surface area contributed by atoms with Crippen molar-refractivity contribution < 1.29 is 25.2 Å². The van der Waals surface area contributed by atoms with Gasteiger partial charge in [0.15, 0.2) is 0 Å². The van der Waals surface area contributed by atoms with Gasteiger partial charge in [-0.1, -0.05) is 45.4 Å². The van der Waals surface area contributed by atoms with Crippen LogP contribution in [0.5, 0.6) is 0 Å². The molecule has 5 heteroatoms. The minimum absolute atomic E-state index is 0. The maximum absolute atomic E-state index is 10.1. The van der Waals surface area contributed by atoms with Gasteiger partial charge in [0.2, 0.25) is 0 Å². The second-order valence-corrected chi connectivity index (χ2v) is 3.82. The number of carboxylic acids is 1. The first-order valence-corrected chi connectivity index (χ1v) is 6.28. The van der Waals surface area contributed by atoms with Gasteiger partial charge in [-0.05, 0) is 6.42 Å². The Bertz CT molecular complexity index is 148. The molecule has 0 unspecified atom stereocenters. The summed E-state index contributed by atoms with van der Waals surface area (Å²) in [5, 5.41) is 23.5. The van der Waals surface area contributed by atoms with E-state index in [0.717, 1.165) is 12.8 Å². The van der Waals surface area contributed by atoms with Crippen molar-refractivity contribution in [1.29, 1.82) is 0 Å². The number of aliphatic carboxylic acids is 1. The third-order valence-electron chi connectivity index (χ3n) is 2.18. The molecule has 0 bridgehead atoms. The topological polar surface area (TPSA) is 87.0 Å². The van der Waals surface area contributed by atoms with Gasteiger partial charge in [-0.3, -0.25) is 10.1 Å². The molecule has 0 rings (SSSR count). The lowest BCUT2D eigenvalue weighted by Crippen LogP contribution is -1.93. The summed E-state index contributed by atoms with van der Waals surface area (Å²) in [7, 11) is 0. The number of aliphatic hydroxyl groups excluding tert-OH is 1. The third-order valence-corrected chi connectivity index (χ3v) is 2.18. The minimum atomic E-state index is -0.663. The van der Waals surface area contributed by atoms with E-state index >= 15 is 0 Å². The molecular formula is C12H26O5. The molecular weight excluding hydrogens is 224 g/mol. The van der Waals surface area contributed by atoms with E-state index in [2.05, 4.69) is 11.8 Å². The Morgan fingerprint density at radius 3 is 1.94 bits per heavy atom. The van der Waals surface area contributed by atoms with Crippen molar-refractivity contribution >= 4 is 5.97 Å². The molecule has 0 saturated heterocycles. The quantitative estimate of drug-likeness (QED) is 0.315. The van der Waals surface area contributed by atoms with E-state index in [0.29, 0.717) is 6.42 Å². The van der Waals surface area contributed by atoms with Crippen molar-refractivity contribution in [3.8, 4) is 0 Å². The summed E-state index contributed by atoms with van der Waals surface area (Å²) >= 11 is 0. The lowest BCUT2D eigenvalue weighted by Gasteiger charge is -1.98. The Hall–Kier alpha value is -0.650. The summed E-state index contributed by atoms with van der Waals surface area (Å²) in [5.74, 6) is -0.663. The van der Waals surface area contributed by atoms with Gasteiger partial charge in [-0.2, -0.15) is 0 Å². The molecule has 0 aliphatic heterocycles. The van der Waals surface area contributed by atoms with E-state index in [1.165, 1.54) is 32.1 Å². The average Bonchev–Trinajstić information content (AvgIpc) is 2.29. The Morgan fingerprint density at radius 1 is 1.06 bits per heavy atom. The van der Waals surface area contributed by atoms with Crippen LogP contribution in [0.3, 0.4) is 0 Å². The largest absolute Gasteiger partial charge is 0.481 e. The van der Waals surface area contributed by atoms with E-state index in [-0.39, 0.29) is 13.2 Å². The van der Waals surface area contributed by atoms with Crippen molar-refractivity contribution in [2.75, 3.05) is 13.2 Å². The van der Waals surface area contributed by atoms with Gasteiger partial charge in [0, 0.05) is 6.42 Å². The molecule has 0 fully saturated rings. The number of carbonyl (C=O) groups is 1. The maximum atomic E-state index is 10.1. The van der Waals surface area contributed by atoms with Crippen LogP contribution in [-0.4, -0.2) is 34.7 Å². The van der Waals surface area contributed by atoms with E-state index in [4.69, 9.17) is 15.5 Å². The fourth-order valence-electron chi connectivity index (χ4n) is 1.27. The molecule has 0 aliphatic rings. The van der Waals surface area contributed by atoms with Gasteiger partial charge in [0.1, 0.15) is 6.61 Å². The number of carboxylic acid groups (broad SMARTS) is 1. The summed E-state index contributed by atoms with van der Waals surface area (Å²) in [6, 6.07) is 0. The van der Waals surface area contributed by atoms with Gasteiger partial charge in [-0.15, -0.1) is 0 Å². The smallest absolute Gasteiger partial charge is 0.303 e. The minimum Gasteiger partial charge on any atom is -0.481 e. The average molecular weight is 250 g/mol. The SMILES string of the molecule is CCCCCCCCCC(=O)O.OCCOO. The first kappa shape index (κ1) is 18.7. The van der Waals surface area contributed by atoms with Crippen LogP contribution in [0.25, 0.3) is 0 Å². The van der Waals surface area contributed by atoms with E-state index in [1.54, 1.807) is 0 Å². The first-order chi connectivity index (χ1) is 8.18. The summed E-state index contributed by atoms with van der Waals surface area (Å²) in [4.78, 5) is 13.6. The van der Waals surface area contributed by atoms with Crippen LogP contribution in [0.2, 0.25) is 0 Å². The van der Waals surface area contributed by atoms with Crippen LogP contribution in [0.1, 0.15) is 58.3 Å². The molecule has 0 aromatic rings. The van der Waals surface area contributed by atoms with Gasteiger partial charge in [-0.25, -0.2) is 4.89 Å². The normalized spacial score (nSPS) is 9.59. The lowest BCUT2D eigenvalue weighted by molar-refractivity contribution is -0.246. The van der Waals surface area contributed by atoms with Crippen molar-refractivity contribution in [3.05, 3.63) is 0 Å². The van der Waals surface area contributed by atoms with Crippen LogP contribution in [-0.2, 0) is 9.68 Å². The van der Waals surface area contributed by atoms with Gasteiger partial charge in [0.05, 0.1) is 6.61 Å². The van der Waals surface area contributed by atoms with Crippen LogP contribution in [0.4, 0.5) is 0 Å². The van der Waals surface area contributed by atoms with Gasteiger partial charge >= 0.3 is 5.97 Å². The summed E-state index contributed by atoms with van der Waals surface area (Å²) < 4.78 is 0. The molecule has 0 radical (unpaired) electrons. The van der Waals surface area contributed by atoms with E-state index in [1.807, 2.05) is 0 Å². The molecule has 0 spiro atoms. The van der Waals surface area contributed by atoms with Crippen molar-refractivity contribution in [2.24, 2.45) is 0 Å². The molecule has 0 aromatic carbocycles. The summed E-state index contributed by atoms with van der Waals surface area (Å²) in [5.41, 5.74) is 0. The zero-order chi connectivity index (χ0) is 13.4. The highest BCUT2D eigenvalue weighted by Gasteiger charge is 1.95. The highest BCUT2D eigenvalue weighted by atomic mass is 17.1. The fraction of sp³-hybridized carbons (Fsp3) is 0.917. The molecule has 0 aromatic heterocycles. The predicted octanol–water partition coefficient (Wildman–Crippen LogP) is 2.68. The number of unbranched alkanes of at least 4 members (excludes halogenated alkanes) is 6. The standard InChI is InChI=1S/C10H20O2.C2H6O3/c1-2-3-4-5-6-7-8-9-10(11)12;3-1-2-5-4/h2-9H2,1H3,(H,11,12);3-4H,1-2H2. The van der Waals surface area contributed by atoms with Crippen LogP contribution in [0, 0.1) is 0 Å². The number of hydrogen-bond donors (Lipinski definition) is 3. The fourth-order valence-corrected chi connectivity index (χ4v) is 1.27. The molecule has 0 heterocycles. The molecule has 0 aliphatic carbocycles. The van der Waals surface area contributed by atoms with E-state index in [9.17, 15) is 4.79 Å². The predicted molar refractivity (Wildman–Crippen MR) is 65.9 cm³/mol. The zero-order valence-electron chi connectivity index (χ0n) is 10.7. The Morgan fingerprint density at radius 2 is 1.59 bits per heavy atom. The highest BCUT2D eigenvalue weighted by Crippen LogP contribution is 2.07. The molecule has 3 N–H and O–H groups in total. The summed E-state index contributed by atoms with van der Waals surface area (Å²) in [6.45, 7) is 2.07. The molecule has 5 nitrogen and oxygen atoms in total. The number of hydrogen-bond acceptors (Lipinski definition) is 4. The molecule has 104 valence electrons. The molecule has 0 amide bonds. The Balaban J connectivity index is 0. The van der Waals surface area contributed by atoms with Gasteiger partial charge in [0.25, 0.3) is 0 Å². The summed E-state index contributed by atoms with van der Waals surface area (Å²) in [6.07, 6.45) is 8.64. The second-order valence-electron chi connectivity index (χ2n) is 3.82. The van der Waals surface area contributed by atoms with Gasteiger partial charge < -0.3 is 10.2 Å². The maximum Gasteiger partial charge on any atom is 0.303 e. The monoisotopic (exact) mass is 250 g/mol. The van der Waals surface area contributed by atoms with Crippen molar-refractivity contribution in [2.45, 2.75) is 58.3 Å². The number of aliphatic hydroxyl groups is 1. The molecule has 17 heavy (non-hydrogen) atoms. The van der Waals surface area contributed by atoms with Crippen LogP contribution < -0.4 is 0 Å². The van der Waals surface area contributed by atoms with Crippen LogP contribution in [0.15, 0.2) is 0 Å². The van der Waals surface area contributed by atoms with Crippen molar-refractivity contribution in [1.82, 2.24) is 0 Å². The highest BCUT2D eigenvalue weighted by molar-refractivity contribution is 5.66. The molecule has 0 atom stereocenters. The van der Waals surface area contributed by atoms with E-state index < -0.39 is 5.97 Å². The number of rotatable bonds is 10. The van der Waals surface area contributed by atoms with Crippen LogP contribution >= 0.6 is 0 Å². The van der Waals surface area contributed by atoms with Crippen molar-refractivity contribution in [3.63, 3.8) is 0 Å². The third kappa shape index (κ3) is 25.5.